The molecule has 3 rings (SSSR count). The summed E-state index contributed by atoms with van der Waals surface area (Å²) in [6.45, 7) is 1.37. The van der Waals surface area contributed by atoms with Gasteiger partial charge < -0.3 is 14.2 Å². The summed E-state index contributed by atoms with van der Waals surface area (Å²) in [4.78, 5) is 24.4. The van der Waals surface area contributed by atoms with Crippen LogP contribution in [0.4, 0.5) is 0 Å². The molecule has 36 heavy (non-hydrogen) atoms. The van der Waals surface area contributed by atoms with Crippen LogP contribution < -0.4 is 24.4 Å². The maximum Gasteiger partial charge on any atom is 0.343 e. The molecule has 0 saturated carbocycles. The summed E-state index contributed by atoms with van der Waals surface area (Å²) in [5.74, 6) is -0.00132. The first kappa shape index (κ1) is 26.4. The molecule has 0 saturated heterocycles. The molecular weight excluding hydrogens is 486 g/mol. The highest BCUT2D eigenvalue weighted by Crippen LogP contribution is 2.28. The molecule has 0 radical (unpaired) electrons. The van der Waals surface area contributed by atoms with Gasteiger partial charge in [-0.15, -0.1) is 0 Å². The number of hydrazone groups is 1. The summed E-state index contributed by atoms with van der Waals surface area (Å²) >= 11 is 0. The van der Waals surface area contributed by atoms with Crippen LogP contribution >= 0.6 is 0 Å². The first-order valence-electron chi connectivity index (χ1n) is 10.6. The number of esters is 1. The van der Waals surface area contributed by atoms with Crippen molar-refractivity contribution in [1.82, 2.24) is 10.1 Å². The first-order valence-corrected chi connectivity index (χ1v) is 12.1. The second kappa shape index (κ2) is 12.0. The monoisotopic (exact) mass is 511 g/mol. The molecule has 0 atom stereocenters. The molecular formula is C25H25N3O7S. The van der Waals surface area contributed by atoms with E-state index in [4.69, 9.17) is 14.2 Å². The summed E-state index contributed by atoms with van der Waals surface area (Å²) < 4.78 is 42.4. The molecule has 0 unspecified atom stereocenters. The Morgan fingerprint density at radius 2 is 1.58 bits per heavy atom. The number of sulfonamides is 1. The Bertz CT molecular complexity index is 1350. The number of nitrogens with zero attached hydrogens (tertiary/aromatic N) is 1. The number of amides is 1. The number of nitrogens with one attached hydrogen (secondary N) is 2. The van der Waals surface area contributed by atoms with Crippen LogP contribution in [0.5, 0.6) is 17.2 Å². The van der Waals surface area contributed by atoms with E-state index in [1.165, 1.54) is 38.6 Å². The highest BCUT2D eigenvalue weighted by molar-refractivity contribution is 7.89. The van der Waals surface area contributed by atoms with E-state index in [1.807, 2.05) is 6.92 Å². The van der Waals surface area contributed by atoms with Gasteiger partial charge in [-0.3, -0.25) is 4.79 Å². The molecule has 188 valence electrons. The van der Waals surface area contributed by atoms with Gasteiger partial charge in [-0.05, 0) is 67.1 Å². The third kappa shape index (κ3) is 7.14. The Balaban J connectivity index is 1.50. The normalized spacial score (nSPS) is 11.2. The van der Waals surface area contributed by atoms with E-state index in [0.29, 0.717) is 28.4 Å². The van der Waals surface area contributed by atoms with E-state index in [0.717, 1.165) is 5.56 Å². The third-order valence-corrected chi connectivity index (χ3v) is 6.28. The van der Waals surface area contributed by atoms with Gasteiger partial charge in [0.2, 0.25) is 10.0 Å². The van der Waals surface area contributed by atoms with Gasteiger partial charge in [0.1, 0.15) is 5.75 Å². The Morgan fingerprint density at radius 3 is 2.22 bits per heavy atom. The number of carbonyl (C=O) groups excluding carboxylic acids is 2. The lowest BCUT2D eigenvalue weighted by atomic mass is 10.2. The van der Waals surface area contributed by atoms with E-state index in [-0.39, 0.29) is 4.90 Å². The zero-order valence-corrected chi connectivity index (χ0v) is 20.7. The maximum absolute atomic E-state index is 12.4. The topological polar surface area (TPSA) is 132 Å². The summed E-state index contributed by atoms with van der Waals surface area (Å²) in [7, 11) is -0.837. The average Bonchev–Trinajstić information content (AvgIpc) is 2.88. The van der Waals surface area contributed by atoms with E-state index >= 15 is 0 Å². The van der Waals surface area contributed by atoms with Crippen molar-refractivity contribution >= 4 is 28.1 Å². The number of rotatable bonds is 10. The van der Waals surface area contributed by atoms with Gasteiger partial charge in [0.15, 0.2) is 11.5 Å². The van der Waals surface area contributed by atoms with Crippen molar-refractivity contribution < 1.29 is 32.2 Å². The van der Waals surface area contributed by atoms with Crippen LogP contribution in [0.3, 0.4) is 0 Å². The minimum Gasteiger partial charge on any atom is -0.493 e. The minimum absolute atomic E-state index is 0.0660. The predicted octanol–water partition coefficient (Wildman–Crippen LogP) is 2.66. The summed E-state index contributed by atoms with van der Waals surface area (Å²) in [6, 6.07) is 17.3. The quantitative estimate of drug-likeness (QED) is 0.185. The van der Waals surface area contributed by atoms with E-state index in [9.17, 15) is 18.0 Å². The van der Waals surface area contributed by atoms with Crippen LogP contribution in [0.15, 0.2) is 76.7 Å². The van der Waals surface area contributed by atoms with Crippen molar-refractivity contribution in [1.29, 1.82) is 0 Å². The molecule has 0 aliphatic heterocycles. The molecule has 0 spiro atoms. The van der Waals surface area contributed by atoms with E-state index < -0.39 is 28.4 Å². The number of carbonyl (C=O) groups is 2. The van der Waals surface area contributed by atoms with Crippen molar-refractivity contribution in [3.63, 3.8) is 0 Å². The predicted molar refractivity (Wildman–Crippen MR) is 133 cm³/mol. The number of hydrogen-bond donors (Lipinski definition) is 2. The van der Waals surface area contributed by atoms with Crippen molar-refractivity contribution in [2.75, 3.05) is 20.8 Å². The molecule has 2 N–H and O–H groups in total. The molecule has 0 bridgehead atoms. The lowest BCUT2D eigenvalue weighted by molar-refractivity contribution is -0.119. The fourth-order valence-electron chi connectivity index (χ4n) is 2.93. The fraction of sp³-hybridized carbons (Fsp3) is 0.160. The van der Waals surface area contributed by atoms with Crippen LogP contribution in [-0.2, 0) is 14.8 Å². The molecule has 3 aromatic carbocycles. The number of aryl methyl sites for hydroxylation is 1. The Hall–Kier alpha value is -4.22. The molecule has 10 nitrogen and oxygen atoms in total. The van der Waals surface area contributed by atoms with Gasteiger partial charge in [-0.25, -0.2) is 23.4 Å². The van der Waals surface area contributed by atoms with Crippen LogP contribution in [0.2, 0.25) is 0 Å². The van der Waals surface area contributed by atoms with Crippen molar-refractivity contribution in [3.8, 4) is 17.2 Å². The second-order valence-electron chi connectivity index (χ2n) is 7.46. The lowest BCUT2D eigenvalue weighted by Gasteiger charge is -2.09. The zero-order chi connectivity index (χ0) is 26.1. The van der Waals surface area contributed by atoms with Gasteiger partial charge in [0.25, 0.3) is 5.91 Å². The lowest BCUT2D eigenvalue weighted by Crippen LogP contribution is -2.34. The Labute approximate surface area is 208 Å². The first-order chi connectivity index (χ1) is 17.2. The molecule has 0 aromatic heterocycles. The van der Waals surface area contributed by atoms with E-state index in [1.54, 1.807) is 48.5 Å². The molecule has 0 fully saturated rings. The van der Waals surface area contributed by atoms with E-state index in [2.05, 4.69) is 15.2 Å². The average molecular weight is 512 g/mol. The van der Waals surface area contributed by atoms with Gasteiger partial charge in [0.05, 0.1) is 37.4 Å². The summed E-state index contributed by atoms with van der Waals surface area (Å²) in [6.07, 6.45) is 1.37. The number of hydrogen-bond acceptors (Lipinski definition) is 8. The van der Waals surface area contributed by atoms with Crippen molar-refractivity contribution in [2.24, 2.45) is 5.10 Å². The highest BCUT2D eigenvalue weighted by atomic mass is 32.2. The summed E-state index contributed by atoms with van der Waals surface area (Å²) in [5, 5.41) is 3.81. The second-order valence-corrected chi connectivity index (χ2v) is 9.23. The number of benzene rings is 3. The largest absolute Gasteiger partial charge is 0.493 e. The fourth-order valence-corrected chi connectivity index (χ4v) is 3.91. The standard InChI is InChI=1S/C25H25N3O7S/c1-17-4-11-21(12-5-17)36(31,32)27-16-24(29)28-26-15-18-6-9-20(10-7-18)35-25(30)19-8-13-22(33-2)23(14-19)34-3/h4-15,27H,16H2,1-3H3,(H,28,29)/b26-15-. The van der Waals surface area contributed by atoms with Crippen molar-refractivity contribution in [2.45, 2.75) is 11.8 Å². The van der Waals surface area contributed by atoms with Crippen LogP contribution in [0.25, 0.3) is 0 Å². The number of ether oxygens (including phenoxy) is 3. The van der Waals surface area contributed by atoms with Gasteiger partial charge in [0, 0.05) is 0 Å². The SMILES string of the molecule is COc1ccc(C(=O)Oc2ccc(/C=N\NC(=O)CNS(=O)(=O)c3ccc(C)cc3)cc2)cc1OC. The van der Waals surface area contributed by atoms with Crippen LogP contribution in [0, 0.1) is 6.92 Å². The molecule has 11 heteroatoms. The molecule has 0 aliphatic rings. The zero-order valence-electron chi connectivity index (χ0n) is 19.8. The van der Waals surface area contributed by atoms with Gasteiger partial charge in [-0.1, -0.05) is 17.7 Å². The maximum atomic E-state index is 12.4. The van der Waals surface area contributed by atoms with Crippen LogP contribution in [-0.4, -0.2) is 47.3 Å². The van der Waals surface area contributed by atoms with Crippen molar-refractivity contribution in [3.05, 3.63) is 83.4 Å². The van der Waals surface area contributed by atoms with Gasteiger partial charge >= 0.3 is 5.97 Å². The number of methoxy groups -OCH3 is 2. The third-order valence-electron chi connectivity index (χ3n) is 4.87. The molecule has 0 heterocycles. The Morgan fingerprint density at radius 1 is 0.917 bits per heavy atom. The molecule has 1 amide bonds. The Kier molecular flexibility index (Phi) is 8.76. The smallest absolute Gasteiger partial charge is 0.343 e. The van der Waals surface area contributed by atoms with Gasteiger partial charge in [-0.2, -0.15) is 5.10 Å². The molecule has 0 aliphatic carbocycles. The highest BCUT2D eigenvalue weighted by Gasteiger charge is 2.15. The molecule has 3 aromatic rings. The summed E-state index contributed by atoms with van der Waals surface area (Å²) in [5.41, 5.74) is 4.07. The minimum atomic E-state index is -3.81. The van der Waals surface area contributed by atoms with Crippen LogP contribution in [0.1, 0.15) is 21.5 Å².